The molecule has 0 atom stereocenters. The van der Waals surface area contributed by atoms with Crippen LogP contribution in [0.1, 0.15) is 46.0 Å². The van der Waals surface area contributed by atoms with Gasteiger partial charge in [0.25, 0.3) is 0 Å². The van der Waals surface area contributed by atoms with Crippen LogP contribution < -0.4 is 11.1 Å². The topological polar surface area (TPSA) is 50.4 Å². The summed E-state index contributed by atoms with van der Waals surface area (Å²) in [7, 11) is 0. The first-order valence-electron chi connectivity index (χ1n) is 5.75. The maximum absolute atomic E-state index is 5.79. The van der Waals surface area contributed by atoms with Gasteiger partial charge in [-0.25, -0.2) is 0 Å². The Balaban J connectivity index is 2.24. The molecule has 0 heterocycles. The Bertz CT molecular complexity index is 181. The van der Waals surface area contributed by atoms with Crippen LogP contribution in [-0.4, -0.2) is 18.5 Å². The summed E-state index contributed by atoms with van der Waals surface area (Å²) < 4.78 is 0. The first-order chi connectivity index (χ1) is 6.68. The summed E-state index contributed by atoms with van der Waals surface area (Å²) in [6.07, 6.45) is 6.53. The molecule has 3 heteroatoms. The van der Waals surface area contributed by atoms with Crippen molar-refractivity contribution in [2.24, 2.45) is 16.6 Å². The summed E-state index contributed by atoms with van der Waals surface area (Å²) in [6, 6.07) is 0.569. The van der Waals surface area contributed by atoms with Crippen LogP contribution in [0, 0.1) is 5.92 Å². The van der Waals surface area contributed by atoms with Gasteiger partial charge in [-0.2, -0.15) is 0 Å². The van der Waals surface area contributed by atoms with E-state index in [1.807, 2.05) is 0 Å². The smallest absolute Gasteiger partial charge is 0.188 e. The number of hydrogen-bond acceptors (Lipinski definition) is 1. The summed E-state index contributed by atoms with van der Waals surface area (Å²) in [5.41, 5.74) is 5.79. The predicted molar refractivity (Wildman–Crippen MR) is 61.3 cm³/mol. The largest absolute Gasteiger partial charge is 0.370 e. The highest BCUT2D eigenvalue weighted by Gasteiger charge is 2.12. The van der Waals surface area contributed by atoms with Gasteiger partial charge in [-0.3, -0.25) is 4.99 Å². The van der Waals surface area contributed by atoms with E-state index in [2.05, 4.69) is 24.2 Å². The van der Waals surface area contributed by atoms with Gasteiger partial charge in [0, 0.05) is 12.6 Å². The minimum absolute atomic E-state index is 0.569. The normalized spacial score (nSPS) is 20.1. The van der Waals surface area contributed by atoms with Gasteiger partial charge < -0.3 is 11.1 Å². The minimum atomic E-state index is 0.569. The number of nitrogens with two attached hydrogens (primary N) is 1. The molecule has 0 unspecified atom stereocenters. The number of rotatable bonds is 3. The quantitative estimate of drug-likeness (QED) is 0.536. The molecule has 0 aromatic rings. The van der Waals surface area contributed by atoms with Crippen LogP contribution in [0.3, 0.4) is 0 Å². The Morgan fingerprint density at radius 1 is 1.36 bits per heavy atom. The van der Waals surface area contributed by atoms with E-state index in [0.29, 0.717) is 17.9 Å². The fraction of sp³-hybridized carbons (Fsp3) is 0.909. The van der Waals surface area contributed by atoms with E-state index < -0.39 is 0 Å². The highest BCUT2D eigenvalue weighted by molar-refractivity contribution is 5.78. The van der Waals surface area contributed by atoms with E-state index in [9.17, 15) is 0 Å². The molecule has 0 radical (unpaired) electrons. The molecule has 0 spiro atoms. The zero-order valence-corrected chi connectivity index (χ0v) is 9.42. The van der Waals surface area contributed by atoms with Gasteiger partial charge in [0.05, 0.1) is 0 Å². The first-order valence-corrected chi connectivity index (χ1v) is 5.75. The third kappa shape index (κ3) is 4.49. The number of nitrogens with one attached hydrogen (secondary N) is 1. The Kier molecular flexibility index (Phi) is 4.77. The number of aliphatic imine (C=N–C) groups is 1. The standard InChI is InChI=1S/C11H23N3/c1-9(2)8-13-11(12)14-10-6-4-3-5-7-10/h9-10H,3-8H2,1-2H3,(H3,12,13,14). The Labute approximate surface area is 87.2 Å². The van der Waals surface area contributed by atoms with Crippen LogP contribution in [0.2, 0.25) is 0 Å². The average Bonchev–Trinajstić information content (AvgIpc) is 2.16. The molecule has 0 saturated heterocycles. The molecule has 0 aromatic carbocycles. The second-order valence-electron chi connectivity index (χ2n) is 4.60. The lowest BCUT2D eigenvalue weighted by Crippen LogP contribution is -2.41. The molecule has 1 rings (SSSR count). The van der Waals surface area contributed by atoms with Crippen molar-refractivity contribution >= 4 is 5.96 Å². The second kappa shape index (κ2) is 5.89. The van der Waals surface area contributed by atoms with Crippen molar-refractivity contribution in [1.29, 1.82) is 0 Å². The van der Waals surface area contributed by atoms with E-state index in [1.165, 1.54) is 32.1 Å². The molecule has 1 aliphatic carbocycles. The Hall–Kier alpha value is -0.730. The van der Waals surface area contributed by atoms with Gasteiger partial charge in [-0.15, -0.1) is 0 Å². The summed E-state index contributed by atoms with van der Waals surface area (Å²) >= 11 is 0. The molecule has 1 aliphatic rings. The summed E-state index contributed by atoms with van der Waals surface area (Å²) in [5, 5.41) is 3.30. The summed E-state index contributed by atoms with van der Waals surface area (Å²) in [6.45, 7) is 5.13. The Morgan fingerprint density at radius 3 is 2.57 bits per heavy atom. The molecule has 3 nitrogen and oxygen atoms in total. The average molecular weight is 197 g/mol. The van der Waals surface area contributed by atoms with E-state index in [-0.39, 0.29) is 0 Å². The molecular weight excluding hydrogens is 174 g/mol. The summed E-state index contributed by atoms with van der Waals surface area (Å²) in [5.74, 6) is 1.22. The molecule has 1 saturated carbocycles. The summed E-state index contributed by atoms with van der Waals surface area (Å²) in [4.78, 5) is 4.30. The lowest BCUT2D eigenvalue weighted by molar-refractivity contribution is 0.412. The molecule has 0 aliphatic heterocycles. The van der Waals surface area contributed by atoms with Crippen LogP contribution >= 0.6 is 0 Å². The van der Waals surface area contributed by atoms with Crippen molar-refractivity contribution in [2.75, 3.05) is 6.54 Å². The van der Waals surface area contributed by atoms with E-state index >= 15 is 0 Å². The van der Waals surface area contributed by atoms with Crippen molar-refractivity contribution in [3.63, 3.8) is 0 Å². The molecular formula is C11H23N3. The zero-order chi connectivity index (χ0) is 10.4. The second-order valence-corrected chi connectivity index (χ2v) is 4.60. The Morgan fingerprint density at radius 2 is 2.00 bits per heavy atom. The monoisotopic (exact) mass is 197 g/mol. The third-order valence-corrected chi connectivity index (χ3v) is 2.58. The molecule has 0 aromatic heterocycles. The van der Waals surface area contributed by atoms with E-state index in [0.717, 1.165) is 6.54 Å². The maximum Gasteiger partial charge on any atom is 0.188 e. The third-order valence-electron chi connectivity index (χ3n) is 2.58. The predicted octanol–water partition coefficient (Wildman–Crippen LogP) is 1.88. The van der Waals surface area contributed by atoms with E-state index in [1.54, 1.807) is 0 Å². The highest BCUT2D eigenvalue weighted by atomic mass is 15.1. The van der Waals surface area contributed by atoms with Gasteiger partial charge in [0.2, 0.25) is 0 Å². The van der Waals surface area contributed by atoms with Gasteiger partial charge in [0.1, 0.15) is 0 Å². The van der Waals surface area contributed by atoms with Crippen LogP contribution in [0.4, 0.5) is 0 Å². The van der Waals surface area contributed by atoms with Crippen molar-refractivity contribution in [2.45, 2.75) is 52.0 Å². The molecule has 0 amide bonds. The van der Waals surface area contributed by atoms with Gasteiger partial charge in [-0.05, 0) is 18.8 Å². The fourth-order valence-electron chi connectivity index (χ4n) is 1.78. The van der Waals surface area contributed by atoms with Gasteiger partial charge in [0.15, 0.2) is 5.96 Å². The van der Waals surface area contributed by atoms with Crippen LogP contribution in [0.5, 0.6) is 0 Å². The van der Waals surface area contributed by atoms with Crippen molar-refractivity contribution in [3.8, 4) is 0 Å². The van der Waals surface area contributed by atoms with Crippen LogP contribution in [0.15, 0.2) is 4.99 Å². The molecule has 82 valence electrons. The lowest BCUT2D eigenvalue weighted by Gasteiger charge is -2.23. The molecule has 0 bridgehead atoms. The minimum Gasteiger partial charge on any atom is -0.370 e. The van der Waals surface area contributed by atoms with Gasteiger partial charge in [-0.1, -0.05) is 33.1 Å². The van der Waals surface area contributed by atoms with Crippen LogP contribution in [-0.2, 0) is 0 Å². The molecule has 14 heavy (non-hydrogen) atoms. The molecule has 3 N–H and O–H groups in total. The zero-order valence-electron chi connectivity index (χ0n) is 9.42. The lowest BCUT2D eigenvalue weighted by atomic mass is 9.96. The van der Waals surface area contributed by atoms with E-state index in [4.69, 9.17) is 5.73 Å². The molecule has 1 fully saturated rings. The van der Waals surface area contributed by atoms with Crippen molar-refractivity contribution in [3.05, 3.63) is 0 Å². The van der Waals surface area contributed by atoms with Crippen molar-refractivity contribution in [1.82, 2.24) is 5.32 Å². The van der Waals surface area contributed by atoms with Gasteiger partial charge >= 0.3 is 0 Å². The number of guanidine groups is 1. The van der Waals surface area contributed by atoms with Crippen LogP contribution in [0.25, 0.3) is 0 Å². The maximum atomic E-state index is 5.79. The number of nitrogens with zero attached hydrogens (tertiary/aromatic N) is 1. The highest BCUT2D eigenvalue weighted by Crippen LogP contribution is 2.16. The van der Waals surface area contributed by atoms with Crippen molar-refractivity contribution < 1.29 is 0 Å². The number of hydrogen-bond donors (Lipinski definition) is 2. The fourth-order valence-corrected chi connectivity index (χ4v) is 1.78. The first kappa shape index (κ1) is 11.3. The SMILES string of the molecule is CC(C)CN=C(N)NC1CCCCC1.